The number of alkyl halides is 6. The van der Waals surface area contributed by atoms with Gasteiger partial charge in [0.25, 0.3) is 0 Å². The van der Waals surface area contributed by atoms with Crippen LogP contribution in [0.4, 0.5) is 32.2 Å². The van der Waals surface area contributed by atoms with Crippen LogP contribution in [0.1, 0.15) is 31.1 Å². The molecule has 2 atom stereocenters. The maximum Gasteiger partial charge on any atom is 0.418 e. The Morgan fingerprint density at radius 1 is 1.16 bits per heavy atom. The van der Waals surface area contributed by atoms with Crippen LogP contribution in [0.25, 0.3) is 16.9 Å². The van der Waals surface area contributed by atoms with Crippen LogP contribution in [0.15, 0.2) is 24.5 Å². The van der Waals surface area contributed by atoms with Gasteiger partial charge in [0.05, 0.1) is 29.1 Å². The van der Waals surface area contributed by atoms with Gasteiger partial charge in [-0.1, -0.05) is 11.6 Å². The topological polar surface area (TPSA) is 64.3 Å². The van der Waals surface area contributed by atoms with E-state index in [2.05, 4.69) is 20.4 Å². The van der Waals surface area contributed by atoms with Crippen molar-refractivity contribution in [3.8, 4) is 11.3 Å². The number of nitrogens with one attached hydrogen (secondary N) is 1. The van der Waals surface area contributed by atoms with Gasteiger partial charge in [-0.05, 0) is 26.0 Å². The smallest absolute Gasteiger partial charge is 0.377 e. The highest BCUT2D eigenvalue weighted by atomic mass is 35.5. The van der Waals surface area contributed by atoms with Gasteiger partial charge in [-0.25, -0.2) is 4.98 Å². The standard InChI is InChI=1S/C18H16ClF6N5O/c1-8(31-3)10-7-27-30-15(10)29-14(19)12(16(30)28-9(2)17(20,21)22)13-11(18(23,24)25)5-4-6-26-13/h4-9,28H,1-3H3. The van der Waals surface area contributed by atoms with Crippen LogP contribution in [-0.2, 0) is 10.9 Å². The number of nitrogens with zero attached hydrogens (tertiary/aromatic N) is 4. The molecule has 3 heterocycles. The lowest BCUT2D eigenvalue weighted by Gasteiger charge is -2.22. The molecule has 0 aliphatic rings. The van der Waals surface area contributed by atoms with E-state index in [0.29, 0.717) is 5.56 Å². The molecule has 0 spiro atoms. The van der Waals surface area contributed by atoms with Gasteiger partial charge in [-0.3, -0.25) is 4.98 Å². The molecule has 168 valence electrons. The number of rotatable bonds is 5. The van der Waals surface area contributed by atoms with Crippen molar-refractivity contribution >= 4 is 23.1 Å². The highest BCUT2D eigenvalue weighted by molar-refractivity contribution is 6.33. The quantitative estimate of drug-likeness (QED) is 0.394. The lowest BCUT2D eigenvalue weighted by Crippen LogP contribution is -2.34. The lowest BCUT2D eigenvalue weighted by molar-refractivity contribution is -0.139. The fourth-order valence-electron chi connectivity index (χ4n) is 2.86. The van der Waals surface area contributed by atoms with E-state index >= 15 is 0 Å². The molecule has 31 heavy (non-hydrogen) atoms. The predicted octanol–water partition coefficient (Wildman–Crippen LogP) is 5.53. The van der Waals surface area contributed by atoms with Crippen LogP contribution in [0.5, 0.6) is 0 Å². The number of aromatic nitrogens is 4. The fraction of sp³-hybridized carbons (Fsp3) is 0.389. The van der Waals surface area contributed by atoms with Gasteiger partial charge in [-0.15, -0.1) is 0 Å². The summed E-state index contributed by atoms with van der Waals surface area (Å²) < 4.78 is 86.7. The summed E-state index contributed by atoms with van der Waals surface area (Å²) in [5, 5.41) is 5.73. The average Bonchev–Trinajstić information content (AvgIpc) is 3.09. The minimum Gasteiger partial charge on any atom is -0.377 e. The summed E-state index contributed by atoms with van der Waals surface area (Å²) in [6, 6.07) is -0.330. The molecular weight excluding hydrogens is 452 g/mol. The second-order valence-electron chi connectivity index (χ2n) is 6.64. The van der Waals surface area contributed by atoms with Crippen LogP contribution < -0.4 is 5.32 Å². The summed E-state index contributed by atoms with van der Waals surface area (Å²) in [5.41, 5.74) is -1.90. The van der Waals surface area contributed by atoms with Crippen LogP contribution >= 0.6 is 11.6 Å². The summed E-state index contributed by atoms with van der Waals surface area (Å²) in [6.07, 6.45) is -7.73. The van der Waals surface area contributed by atoms with Crippen molar-refractivity contribution in [1.82, 2.24) is 19.6 Å². The molecular formula is C18H16ClF6N5O. The Hall–Kier alpha value is -2.60. The van der Waals surface area contributed by atoms with Crippen LogP contribution in [0.3, 0.4) is 0 Å². The van der Waals surface area contributed by atoms with Gasteiger partial charge in [0.15, 0.2) is 5.65 Å². The monoisotopic (exact) mass is 467 g/mol. The van der Waals surface area contributed by atoms with E-state index in [-0.39, 0.29) is 5.65 Å². The molecule has 0 aromatic carbocycles. The summed E-state index contributed by atoms with van der Waals surface area (Å²) >= 11 is 6.22. The Labute approximate surface area is 177 Å². The molecule has 6 nitrogen and oxygen atoms in total. The zero-order valence-corrected chi connectivity index (χ0v) is 17.1. The number of fused-ring (bicyclic) bond motifs is 1. The van der Waals surface area contributed by atoms with E-state index in [1.807, 2.05) is 0 Å². The number of methoxy groups -OCH3 is 1. The van der Waals surface area contributed by atoms with Gasteiger partial charge in [-0.2, -0.15) is 36.0 Å². The van der Waals surface area contributed by atoms with Crippen molar-refractivity contribution in [2.24, 2.45) is 0 Å². The van der Waals surface area contributed by atoms with E-state index in [4.69, 9.17) is 16.3 Å². The molecule has 0 aliphatic heterocycles. The third-order valence-corrected chi connectivity index (χ3v) is 4.89. The summed E-state index contributed by atoms with van der Waals surface area (Å²) in [6.45, 7) is 2.46. The minimum absolute atomic E-state index is 0.0319. The van der Waals surface area contributed by atoms with Crippen molar-refractivity contribution in [2.75, 3.05) is 12.4 Å². The summed E-state index contributed by atoms with van der Waals surface area (Å²) in [4.78, 5) is 7.83. The number of hydrogen-bond acceptors (Lipinski definition) is 5. The van der Waals surface area contributed by atoms with Gasteiger partial charge in [0.1, 0.15) is 17.0 Å². The molecule has 3 aromatic rings. The Bertz CT molecular complexity index is 1100. The van der Waals surface area contributed by atoms with Gasteiger partial charge in [0.2, 0.25) is 0 Å². The van der Waals surface area contributed by atoms with E-state index in [9.17, 15) is 26.3 Å². The fourth-order valence-corrected chi connectivity index (χ4v) is 3.12. The molecule has 0 saturated carbocycles. The molecule has 1 N–H and O–H groups in total. The molecule has 0 aliphatic carbocycles. The molecule has 3 rings (SSSR count). The lowest BCUT2D eigenvalue weighted by atomic mass is 10.1. The highest BCUT2D eigenvalue weighted by Crippen LogP contribution is 2.42. The molecule has 0 fully saturated rings. The predicted molar refractivity (Wildman–Crippen MR) is 101 cm³/mol. The Morgan fingerprint density at radius 2 is 1.84 bits per heavy atom. The van der Waals surface area contributed by atoms with Crippen molar-refractivity contribution in [1.29, 1.82) is 0 Å². The normalized spacial score (nSPS) is 14.6. The summed E-state index contributed by atoms with van der Waals surface area (Å²) in [7, 11) is 1.40. The minimum atomic E-state index is -4.84. The maximum atomic E-state index is 13.6. The third-order valence-electron chi connectivity index (χ3n) is 4.62. The maximum absolute atomic E-state index is 13.6. The van der Waals surface area contributed by atoms with Crippen molar-refractivity contribution < 1.29 is 31.1 Å². The Morgan fingerprint density at radius 3 is 2.42 bits per heavy atom. The first kappa shape index (κ1) is 23.1. The third kappa shape index (κ3) is 4.40. The molecule has 2 unspecified atom stereocenters. The highest BCUT2D eigenvalue weighted by Gasteiger charge is 2.39. The number of anilines is 1. The molecule has 0 amide bonds. The molecule has 0 saturated heterocycles. The first-order valence-corrected chi connectivity index (χ1v) is 9.19. The average molecular weight is 468 g/mol. The van der Waals surface area contributed by atoms with Crippen LogP contribution in [0.2, 0.25) is 5.15 Å². The van der Waals surface area contributed by atoms with Crippen molar-refractivity contribution in [2.45, 2.75) is 38.3 Å². The number of halogens is 7. The molecule has 3 aromatic heterocycles. The van der Waals surface area contributed by atoms with E-state index < -0.39 is 52.3 Å². The summed E-state index contributed by atoms with van der Waals surface area (Å²) in [5.74, 6) is -0.432. The van der Waals surface area contributed by atoms with Gasteiger partial charge >= 0.3 is 12.4 Å². The van der Waals surface area contributed by atoms with Crippen molar-refractivity contribution in [3.63, 3.8) is 0 Å². The number of ether oxygens (including phenoxy) is 1. The first-order valence-electron chi connectivity index (χ1n) is 8.82. The van der Waals surface area contributed by atoms with Gasteiger partial charge in [0, 0.05) is 18.9 Å². The van der Waals surface area contributed by atoms with Crippen LogP contribution in [0, 0.1) is 0 Å². The molecule has 13 heteroatoms. The second kappa shape index (κ2) is 8.15. The Kier molecular flexibility index (Phi) is 6.07. The zero-order chi connectivity index (χ0) is 23.1. The van der Waals surface area contributed by atoms with E-state index in [1.54, 1.807) is 6.92 Å². The van der Waals surface area contributed by atoms with Crippen LogP contribution in [-0.4, -0.2) is 38.9 Å². The molecule has 0 bridgehead atoms. The second-order valence-corrected chi connectivity index (χ2v) is 7.00. The van der Waals surface area contributed by atoms with E-state index in [0.717, 1.165) is 29.8 Å². The van der Waals surface area contributed by atoms with E-state index in [1.165, 1.54) is 13.3 Å². The first-order chi connectivity index (χ1) is 14.4. The largest absolute Gasteiger partial charge is 0.418 e. The van der Waals surface area contributed by atoms with Crippen molar-refractivity contribution in [3.05, 3.63) is 40.8 Å². The van der Waals surface area contributed by atoms with Gasteiger partial charge < -0.3 is 10.1 Å². The Balaban J connectivity index is 2.37. The number of pyridine rings is 1. The number of hydrogen-bond donors (Lipinski definition) is 1. The molecule has 0 radical (unpaired) electrons. The zero-order valence-electron chi connectivity index (χ0n) is 16.3. The SMILES string of the molecule is COC(C)c1cnn2c(NC(C)C(F)(F)F)c(-c3ncccc3C(F)(F)F)c(Cl)nc12.